The van der Waals surface area contributed by atoms with Crippen molar-refractivity contribution in [3.63, 3.8) is 0 Å². The third-order valence-electron chi connectivity index (χ3n) is 4.33. The molecule has 0 amide bonds. The molecular weight excluding hydrogens is 298 g/mol. The number of fused-ring (bicyclic) bond motifs is 1. The number of anilines is 2. The van der Waals surface area contributed by atoms with E-state index >= 15 is 0 Å². The van der Waals surface area contributed by atoms with Crippen LogP contribution in [0.4, 0.5) is 11.4 Å². The third-order valence-corrected chi connectivity index (χ3v) is 4.33. The number of nitrogens with zero attached hydrogens (tertiary/aromatic N) is 1. The molecule has 24 heavy (non-hydrogen) atoms. The highest BCUT2D eigenvalue weighted by atomic mass is 16.1. The zero-order valence-electron chi connectivity index (χ0n) is 14.8. The van der Waals surface area contributed by atoms with Crippen LogP contribution in [-0.2, 0) is 0 Å². The van der Waals surface area contributed by atoms with Gasteiger partial charge in [-0.15, -0.1) is 0 Å². The number of hydrogen-bond donors (Lipinski definition) is 2. The number of H-pyrrole nitrogens is 1. The molecule has 0 saturated carbocycles. The topological polar surface area (TPSA) is 57.8 Å². The molecule has 2 N–H and O–H groups in total. The van der Waals surface area contributed by atoms with Gasteiger partial charge in [-0.3, -0.25) is 4.79 Å². The smallest absolute Gasteiger partial charge is 0.274 e. The standard InChI is InChI=1S/C20H23N3O/c1-11(2)18-15-7-6-8-16(17(15)20(24)23-22-18)21-19-13(4)9-12(3)10-14(19)5/h6-11,21H,1-5H3,(H,23,24). The Hall–Kier alpha value is -2.62. The second kappa shape index (κ2) is 6.11. The first-order valence-corrected chi connectivity index (χ1v) is 8.24. The van der Waals surface area contributed by atoms with Crippen LogP contribution in [0.15, 0.2) is 35.1 Å². The van der Waals surface area contributed by atoms with Gasteiger partial charge in [0, 0.05) is 11.1 Å². The summed E-state index contributed by atoms with van der Waals surface area (Å²) in [6.07, 6.45) is 0. The van der Waals surface area contributed by atoms with E-state index in [1.807, 2.05) is 18.2 Å². The molecule has 1 heterocycles. The minimum absolute atomic E-state index is 0.167. The van der Waals surface area contributed by atoms with Crippen molar-refractivity contribution in [1.29, 1.82) is 0 Å². The molecule has 0 spiro atoms. The molecule has 0 aliphatic carbocycles. The fraction of sp³-hybridized carbons (Fsp3) is 0.300. The van der Waals surface area contributed by atoms with Crippen molar-refractivity contribution < 1.29 is 0 Å². The fourth-order valence-corrected chi connectivity index (χ4v) is 3.29. The summed E-state index contributed by atoms with van der Waals surface area (Å²) in [5.74, 6) is 0.238. The maximum Gasteiger partial charge on any atom is 0.274 e. The molecule has 0 aliphatic heterocycles. The summed E-state index contributed by atoms with van der Waals surface area (Å²) in [5.41, 5.74) is 6.17. The van der Waals surface area contributed by atoms with Crippen LogP contribution in [0.25, 0.3) is 10.8 Å². The van der Waals surface area contributed by atoms with Gasteiger partial charge in [0.15, 0.2) is 0 Å². The van der Waals surface area contributed by atoms with Crippen molar-refractivity contribution in [3.8, 4) is 0 Å². The van der Waals surface area contributed by atoms with Gasteiger partial charge in [0.25, 0.3) is 5.56 Å². The molecule has 124 valence electrons. The molecule has 1 aromatic heterocycles. The van der Waals surface area contributed by atoms with Crippen molar-refractivity contribution in [3.05, 3.63) is 63.1 Å². The molecule has 0 saturated heterocycles. The summed E-state index contributed by atoms with van der Waals surface area (Å²) in [4.78, 5) is 12.4. The number of hydrogen-bond acceptors (Lipinski definition) is 3. The van der Waals surface area contributed by atoms with Crippen LogP contribution >= 0.6 is 0 Å². The van der Waals surface area contributed by atoms with Gasteiger partial charge in [-0.1, -0.05) is 43.7 Å². The van der Waals surface area contributed by atoms with Crippen molar-refractivity contribution in [2.45, 2.75) is 40.5 Å². The molecule has 0 aliphatic rings. The molecule has 0 fully saturated rings. The predicted octanol–water partition coefficient (Wildman–Crippen LogP) is 4.72. The van der Waals surface area contributed by atoms with Crippen LogP contribution in [0.2, 0.25) is 0 Å². The second-order valence-corrected chi connectivity index (χ2v) is 6.72. The Morgan fingerprint density at radius 1 is 1.08 bits per heavy atom. The van der Waals surface area contributed by atoms with Gasteiger partial charge in [-0.2, -0.15) is 5.10 Å². The van der Waals surface area contributed by atoms with Crippen molar-refractivity contribution >= 4 is 22.1 Å². The van der Waals surface area contributed by atoms with Gasteiger partial charge in [0.1, 0.15) is 0 Å². The number of rotatable bonds is 3. The number of benzene rings is 2. The van der Waals surface area contributed by atoms with Gasteiger partial charge >= 0.3 is 0 Å². The normalized spacial score (nSPS) is 11.2. The summed E-state index contributed by atoms with van der Waals surface area (Å²) < 4.78 is 0. The van der Waals surface area contributed by atoms with Crippen molar-refractivity contribution in [1.82, 2.24) is 10.2 Å². The SMILES string of the molecule is Cc1cc(C)c(Nc2cccc3c(C(C)C)n[nH]c(=O)c23)c(C)c1. The minimum Gasteiger partial charge on any atom is -0.354 e. The number of aromatic amines is 1. The number of aromatic nitrogens is 2. The van der Waals surface area contributed by atoms with Crippen molar-refractivity contribution in [2.24, 2.45) is 0 Å². The maximum absolute atomic E-state index is 12.4. The zero-order valence-corrected chi connectivity index (χ0v) is 14.8. The van der Waals surface area contributed by atoms with E-state index in [0.29, 0.717) is 5.39 Å². The predicted molar refractivity (Wildman–Crippen MR) is 100 cm³/mol. The molecule has 3 aromatic rings. The third kappa shape index (κ3) is 2.80. The number of nitrogens with one attached hydrogen (secondary N) is 2. The molecule has 3 rings (SSSR count). The first-order chi connectivity index (χ1) is 11.4. The lowest BCUT2D eigenvalue weighted by Crippen LogP contribution is -2.13. The quantitative estimate of drug-likeness (QED) is 0.734. The van der Waals surface area contributed by atoms with Gasteiger partial charge in [0.2, 0.25) is 0 Å². The molecular formula is C20H23N3O. The van der Waals surface area contributed by atoms with E-state index in [2.05, 4.69) is 62.3 Å². The second-order valence-electron chi connectivity index (χ2n) is 6.72. The Morgan fingerprint density at radius 3 is 2.38 bits per heavy atom. The van der Waals surface area contributed by atoms with Crippen LogP contribution in [0.1, 0.15) is 42.1 Å². The van der Waals surface area contributed by atoms with Crippen LogP contribution in [0.5, 0.6) is 0 Å². The lowest BCUT2D eigenvalue weighted by Gasteiger charge is -2.16. The zero-order chi connectivity index (χ0) is 17.4. The average molecular weight is 321 g/mol. The van der Waals surface area contributed by atoms with E-state index in [4.69, 9.17) is 0 Å². The molecule has 4 heteroatoms. The Kier molecular flexibility index (Phi) is 4.14. The van der Waals surface area contributed by atoms with Crippen LogP contribution in [-0.4, -0.2) is 10.2 Å². The summed E-state index contributed by atoms with van der Waals surface area (Å²) in [6, 6.07) is 10.2. The van der Waals surface area contributed by atoms with Gasteiger partial charge < -0.3 is 5.32 Å². The lowest BCUT2D eigenvalue weighted by atomic mass is 10.0. The van der Waals surface area contributed by atoms with Crippen LogP contribution in [0.3, 0.4) is 0 Å². The summed E-state index contributed by atoms with van der Waals surface area (Å²) in [5, 5.41) is 11.9. The van der Waals surface area contributed by atoms with Gasteiger partial charge in [-0.05, 0) is 43.9 Å². The maximum atomic E-state index is 12.4. The highest BCUT2D eigenvalue weighted by Crippen LogP contribution is 2.30. The first-order valence-electron chi connectivity index (χ1n) is 8.24. The monoisotopic (exact) mass is 321 g/mol. The highest BCUT2D eigenvalue weighted by Gasteiger charge is 2.14. The first kappa shape index (κ1) is 16.2. The number of aryl methyl sites for hydroxylation is 3. The van der Waals surface area contributed by atoms with Gasteiger partial charge in [-0.25, -0.2) is 5.10 Å². The highest BCUT2D eigenvalue weighted by molar-refractivity contribution is 5.96. The van der Waals surface area contributed by atoms with E-state index < -0.39 is 0 Å². The van der Waals surface area contributed by atoms with E-state index in [1.54, 1.807) is 0 Å². The fourth-order valence-electron chi connectivity index (χ4n) is 3.29. The van der Waals surface area contributed by atoms with Crippen molar-refractivity contribution in [2.75, 3.05) is 5.32 Å². The van der Waals surface area contributed by atoms with E-state index in [0.717, 1.165) is 22.5 Å². The van der Waals surface area contributed by atoms with E-state index in [-0.39, 0.29) is 11.5 Å². The van der Waals surface area contributed by atoms with E-state index in [9.17, 15) is 4.79 Å². The summed E-state index contributed by atoms with van der Waals surface area (Å²) in [7, 11) is 0. The van der Waals surface area contributed by atoms with Crippen LogP contribution in [0, 0.1) is 20.8 Å². The molecule has 0 bridgehead atoms. The van der Waals surface area contributed by atoms with E-state index in [1.165, 1.54) is 16.7 Å². The Bertz CT molecular complexity index is 947. The van der Waals surface area contributed by atoms with Crippen LogP contribution < -0.4 is 10.9 Å². The molecule has 0 unspecified atom stereocenters. The summed E-state index contributed by atoms with van der Waals surface area (Å²) in [6.45, 7) is 10.4. The minimum atomic E-state index is -0.167. The molecule has 2 aromatic carbocycles. The summed E-state index contributed by atoms with van der Waals surface area (Å²) >= 11 is 0. The Balaban J connectivity index is 2.22. The largest absolute Gasteiger partial charge is 0.354 e. The average Bonchev–Trinajstić information content (AvgIpc) is 2.50. The van der Waals surface area contributed by atoms with Gasteiger partial charge in [0.05, 0.1) is 16.8 Å². The lowest BCUT2D eigenvalue weighted by molar-refractivity contribution is 0.792. The molecule has 0 atom stereocenters. The Labute approximate surface area is 141 Å². The Morgan fingerprint density at radius 2 is 1.75 bits per heavy atom. The molecule has 0 radical (unpaired) electrons. The molecule has 4 nitrogen and oxygen atoms in total.